The van der Waals surface area contributed by atoms with Crippen LogP contribution in [0.25, 0.3) is 0 Å². The zero-order valence-corrected chi connectivity index (χ0v) is 10.7. The van der Waals surface area contributed by atoms with Crippen LogP contribution in [0.3, 0.4) is 0 Å². The van der Waals surface area contributed by atoms with E-state index in [0.29, 0.717) is 16.8 Å². The van der Waals surface area contributed by atoms with Gasteiger partial charge < -0.3 is 5.73 Å². The van der Waals surface area contributed by atoms with Gasteiger partial charge in [0.05, 0.1) is 11.8 Å². The molecule has 0 bridgehead atoms. The zero-order valence-electron chi connectivity index (χ0n) is 10.7. The standard InChI is InChI=1S/C14H17N3O/c1-3-6-17-9-12(8-16-17)14(18)11-5-4-10(2)13(15)7-11/h4-5,7-9H,3,6,15H2,1-2H3. The SMILES string of the molecule is CCCn1cc(C(=O)c2ccc(C)c(N)c2)cn1. The predicted molar refractivity (Wildman–Crippen MR) is 71.5 cm³/mol. The fourth-order valence-corrected chi connectivity index (χ4v) is 1.78. The average molecular weight is 243 g/mol. The Balaban J connectivity index is 2.26. The highest BCUT2D eigenvalue weighted by molar-refractivity contribution is 6.09. The Morgan fingerprint density at radius 1 is 1.39 bits per heavy atom. The highest BCUT2D eigenvalue weighted by Crippen LogP contribution is 2.16. The smallest absolute Gasteiger partial charge is 0.196 e. The Morgan fingerprint density at radius 3 is 2.83 bits per heavy atom. The zero-order chi connectivity index (χ0) is 13.1. The molecule has 0 aliphatic rings. The second kappa shape index (κ2) is 5.04. The Bertz CT molecular complexity index is 572. The van der Waals surface area contributed by atoms with Crippen LogP contribution >= 0.6 is 0 Å². The van der Waals surface area contributed by atoms with Gasteiger partial charge in [-0.1, -0.05) is 19.1 Å². The maximum atomic E-state index is 12.2. The van der Waals surface area contributed by atoms with Crippen LogP contribution < -0.4 is 5.73 Å². The molecule has 0 saturated carbocycles. The van der Waals surface area contributed by atoms with Crippen LogP contribution in [0.15, 0.2) is 30.6 Å². The molecule has 0 saturated heterocycles. The summed E-state index contributed by atoms with van der Waals surface area (Å²) in [5.74, 6) is -0.0379. The lowest BCUT2D eigenvalue weighted by molar-refractivity contribution is 0.103. The third-order valence-electron chi connectivity index (χ3n) is 2.89. The van der Waals surface area contributed by atoms with E-state index in [1.807, 2.05) is 13.0 Å². The van der Waals surface area contributed by atoms with Gasteiger partial charge in [0.2, 0.25) is 0 Å². The molecule has 0 spiro atoms. The normalized spacial score (nSPS) is 10.6. The molecule has 2 N–H and O–H groups in total. The van der Waals surface area contributed by atoms with Crippen LogP contribution in [0.5, 0.6) is 0 Å². The Kier molecular flexibility index (Phi) is 3.46. The first-order valence-corrected chi connectivity index (χ1v) is 6.05. The van der Waals surface area contributed by atoms with Gasteiger partial charge >= 0.3 is 0 Å². The van der Waals surface area contributed by atoms with E-state index in [-0.39, 0.29) is 5.78 Å². The number of nitrogen functional groups attached to an aromatic ring is 1. The monoisotopic (exact) mass is 243 g/mol. The lowest BCUT2D eigenvalue weighted by atomic mass is 10.0. The van der Waals surface area contributed by atoms with Gasteiger partial charge in [-0.05, 0) is 25.0 Å². The van der Waals surface area contributed by atoms with E-state index in [9.17, 15) is 4.79 Å². The predicted octanol–water partition coefficient (Wildman–Crippen LogP) is 2.41. The number of aromatic nitrogens is 2. The summed E-state index contributed by atoms with van der Waals surface area (Å²) in [6.07, 6.45) is 4.38. The van der Waals surface area contributed by atoms with Gasteiger partial charge in [0.1, 0.15) is 0 Å². The second-order valence-corrected chi connectivity index (χ2v) is 4.39. The molecule has 1 aromatic heterocycles. The molecule has 0 aliphatic heterocycles. The first-order valence-electron chi connectivity index (χ1n) is 6.05. The number of rotatable bonds is 4. The molecule has 2 rings (SSSR count). The van der Waals surface area contributed by atoms with Crippen molar-refractivity contribution >= 4 is 11.5 Å². The summed E-state index contributed by atoms with van der Waals surface area (Å²) < 4.78 is 1.78. The number of carbonyl (C=O) groups excluding carboxylic acids is 1. The number of aryl methyl sites for hydroxylation is 2. The van der Waals surface area contributed by atoms with Crippen LogP contribution in [0.1, 0.15) is 34.8 Å². The van der Waals surface area contributed by atoms with Gasteiger partial charge in [0.15, 0.2) is 5.78 Å². The quantitative estimate of drug-likeness (QED) is 0.662. The van der Waals surface area contributed by atoms with E-state index in [4.69, 9.17) is 5.73 Å². The van der Waals surface area contributed by atoms with E-state index in [1.54, 1.807) is 29.2 Å². The number of benzene rings is 1. The summed E-state index contributed by atoms with van der Waals surface area (Å²) in [4.78, 5) is 12.2. The third-order valence-corrected chi connectivity index (χ3v) is 2.89. The van der Waals surface area contributed by atoms with Crippen molar-refractivity contribution in [2.45, 2.75) is 26.8 Å². The van der Waals surface area contributed by atoms with Crippen molar-refractivity contribution in [1.82, 2.24) is 9.78 Å². The minimum Gasteiger partial charge on any atom is -0.398 e. The van der Waals surface area contributed by atoms with Crippen molar-refractivity contribution in [1.29, 1.82) is 0 Å². The molecule has 1 heterocycles. The summed E-state index contributed by atoms with van der Waals surface area (Å²) in [6, 6.07) is 5.37. The number of nitrogens with two attached hydrogens (primary N) is 1. The Morgan fingerprint density at radius 2 is 2.17 bits per heavy atom. The summed E-state index contributed by atoms with van der Waals surface area (Å²) >= 11 is 0. The first kappa shape index (κ1) is 12.4. The van der Waals surface area contributed by atoms with Gasteiger partial charge in [-0.25, -0.2) is 0 Å². The molecule has 94 valence electrons. The van der Waals surface area contributed by atoms with Crippen molar-refractivity contribution in [3.8, 4) is 0 Å². The number of carbonyl (C=O) groups is 1. The fraction of sp³-hybridized carbons (Fsp3) is 0.286. The van der Waals surface area contributed by atoms with Crippen LogP contribution in [0.4, 0.5) is 5.69 Å². The van der Waals surface area contributed by atoms with Crippen molar-refractivity contribution < 1.29 is 4.79 Å². The molecule has 18 heavy (non-hydrogen) atoms. The van der Waals surface area contributed by atoms with Crippen LogP contribution in [0.2, 0.25) is 0 Å². The first-order chi connectivity index (χ1) is 8.61. The van der Waals surface area contributed by atoms with E-state index in [0.717, 1.165) is 18.5 Å². The molecule has 2 aromatic rings. The van der Waals surface area contributed by atoms with Crippen LogP contribution in [-0.4, -0.2) is 15.6 Å². The van der Waals surface area contributed by atoms with E-state index in [1.165, 1.54) is 0 Å². The molecule has 0 radical (unpaired) electrons. The molecule has 1 aromatic carbocycles. The lowest BCUT2D eigenvalue weighted by Crippen LogP contribution is -2.02. The Labute approximate surface area is 106 Å². The molecule has 4 nitrogen and oxygen atoms in total. The molecular formula is C14H17N3O. The molecule has 0 aliphatic carbocycles. The van der Waals surface area contributed by atoms with Gasteiger partial charge in [-0.15, -0.1) is 0 Å². The molecule has 4 heteroatoms. The largest absolute Gasteiger partial charge is 0.398 e. The van der Waals surface area contributed by atoms with Crippen molar-refractivity contribution in [2.24, 2.45) is 0 Å². The van der Waals surface area contributed by atoms with Gasteiger partial charge in [-0.2, -0.15) is 5.10 Å². The van der Waals surface area contributed by atoms with Gasteiger partial charge in [-0.3, -0.25) is 9.48 Å². The summed E-state index contributed by atoms with van der Waals surface area (Å²) in [5, 5.41) is 4.16. The Hall–Kier alpha value is -2.10. The number of hydrogen-bond acceptors (Lipinski definition) is 3. The fourth-order valence-electron chi connectivity index (χ4n) is 1.78. The van der Waals surface area contributed by atoms with Crippen molar-refractivity contribution in [3.63, 3.8) is 0 Å². The highest BCUT2D eigenvalue weighted by Gasteiger charge is 2.12. The second-order valence-electron chi connectivity index (χ2n) is 4.39. The number of ketones is 1. The lowest BCUT2D eigenvalue weighted by Gasteiger charge is -2.03. The average Bonchev–Trinajstić information content (AvgIpc) is 2.81. The van der Waals surface area contributed by atoms with E-state index < -0.39 is 0 Å². The number of anilines is 1. The van der Waals surface area contributed by atoms with E-state index >= 15 is 0 Å². The third kappa shape index (κ3) is 2.42. The highest BCUT2D eigenvalue weighted by atomic mass is 16.1. The number of nitrogens with zero attached hydrogens (tertiary/aromatic N) is 2. The van der Waals surface area contributed by atoms with Crippen LogP contribution in [0, 0.1) is 6.92 Å². The number of hydrogen-bond donors (Lipinski definition) is 1. The van der Waals surface area contributed by atoms with Crippen molar-refractivity contribution in [2.75, 3.05) is 5.73 Å². The maximum Gasteiger partial charge on any atom is 0.196 e. The minimum absolute atomic E-state index is 0.0379. The molecule has 0 amide bonds. The van der Waals surface area contributed by atoms with Crippen molar-refractivity contribution in [3.05, 3.63) is 47.3 Å². The summed E-state index contributed by atoms with van der Waals surface area (Å²) in [7, 11) is 0. The van der Waals surface area contributed by atoms with Gasteiger partial charge in [0.25, 0.3) is 0 Å². The van der Waals surface area contributed by atoms with Crippen LogP contribution in [-0.2, 0) is 6.54 Å². The molecule has 0 unspecified atom stereocenters. The molecule has 0 fully saturated rings. The van der Waals surface area contributed by atoms with Gasteiger partial charge in [0, 0.05) is 24.0 Å². The summed E-state index contributed by atoms with van der Waals surface area (Å²) in [5.41, 5.74) is 8.65. The maximum absolute atomic E-state index is 12.2. The van der Waals surface area contributed by atoms with E-state index in [2.05, 4.69) is 12.0 Å². The molecular weight excluding hydrogens is 226 g/mol. The topological polar surface area (TPSA) is 60.9 Å². The minimum atomic E-state index is -0.0379. The summed E-state index contributed by atoms with van der Waals surface area (Å²) in [6.45, 7) is 4.82. The molecule has 0 atom stereocenters.